The fourth-order valence-electron chi connectivity index (χ4n) is 3.67. The number of amides is 2. The lowest BCUT2D eigenvalue weighted by molar-refractivity contribution is 0.0936. The number of anilines is 3. The summed E-state index contributed by atoms with van der Waals surface area (Å²) in [5.41, 5.74) is 4.03. The molecular weight excluding hydrogens is 386 g/mol. The van der Waals surface area contributed by atoms with Crippen LogP contribution in [0.1, 0.15) is 53.0 Å². The molecule has 4 rings (SSSR count). The number of aliphatic hydroxyl groups excluding tert-OH is 1. The van der Waals surface area contributed by atoms with E-state index in [-0.39, 0.29) is 30.1 Å². The van der Waals surface area contributed by atoms with E-state index in [1.54, 1.807) is 12.1 Å². The second-order valence-electron chi connectivity index (χ2n) is 8.16. The van der Waals surface area contributed by atoms with Crippen LogP contribution in [0.4, 0.5) is 17.5 Å². The minimum absolute atomic E-state index is 0.0674. The van der Waals surface area contributed by atoms with Crippen LogP contribution in [0.2, 0.25) is 0 Å². The number of nitrogens with one attached hydrogen (secondary N) is 4. The first-order chi connectivity index (χ1) is 14.3. The fraction of sp³-hybridized carbons (Fsp3) is 0.400. The highest BCUT2D eigenvalue weighted by atomic mass is 16.3. The van der Waals surface area contributed by atoms with Crippen molar-refractivity contribution in [1.29, 1.82) is 0 Å². The summed E-state index contributed by atoms with van der Waals surface area (Å²) >= 11 is 0. The average Bonchev–Trinajstić information content (AvgIpc) is 3.53. The second kappa shape index (κ2) is 7.54. The third-order valence-electron chi connectivity index (χ3n) is 5.49. The van der Waals surface area contributed by atoms with E-state index in [0.29, 0.717) is 23.0 Å². The zero-order valence-corrected chi connectivity index (χ0v) is 16.8. The van der Waals surface area contributed by atoms with Gasteiger partial charge in [0.2, 0.25) is 5.95 Å². The van der Waals surface area contributed by atoms with Gasteiger partial charge in [-0.1, -0.05) is 0 Å². The molecule has 2 heterocycles. The van der Waals surface area contributed by atoms with Gasteiger partial charge in [0, 0.05) is 17.4 Å². The van der Waals surface area contributed by atoms with E-state index < -0.39 is 11.4 Å². The summed E-state index contributed by atoms with van der Waals surface area (Å²) in [4.78, 5) is 32.8. The SMILES string of the molecule is CC1(C)NC(=O)c2ccc(Nc3ncc(C(=O)NN)c(N[C@H](CO)C4CC4)n3)cc21. The van der Waals surface area contributed by atoms with Gasteiger partial charge in [-0.2, -0.15) is 4.98 Å². The largest absolute Gasteiger partial charge is 0.394 e. The molecule has 2 aromatic rings. The van der Waals surface area contributed by atoms with Crippen molar-refractivity contribution in [1.82, 2.24) is 20.7 Å². The maximum Gasteiger partial charge on any atom is 0.270 e. The standard InChI is InChI=1S/C20H25N7O3/c1-20(2)14-7-11(5-6-12(14)17(29)26-20)23-19-22-8-13(18(30)27-21)16(25-19)24-15(9-28)10-3-4-10/h5-8,10,15,28H,3-4,9,21H2,1-2H3,(H,26,29)(H,27,30)(H2,22,23,24,25)/t15-/m1/s1. The Labute approximate surface area is 173 Å². The zero-order chi connectivity index (χ0) is 21.5. The number of hydrogen-bond acceptors (Lipinski definition) is 8. The Morgan fingerprint density at radius 2 is 2.17 bits per heavy atom. The smallest absolute Gasteiger partial charge is 0.270 e. The van der Waals surface area contributed by atoms with Crippen molar-refractivity contribution >= 4 is 29.3 Å². The van der Waals surface area contributed by atoms with Crippen LogP contribution >= 0.6 is 0 Å². The molecule has 0 saturated heterocycles. The Balaban J connectivity index is 1.63. The van der Waals surface area contributed by atoms with Gasteiger partial charge in [0.05, 0.1) is 18.2 Å². The minimum Gasteiger partial charge on any atom is -0.394 e. The van der Waals surface area contributed by atoms with E-state index in [1.165, 1.54) is 6.20 Å². The summed E-state index contributed by atoms with van der Waals surface area (Å²) in [6.07, 6.45) is 3.42. The molecule has 30 heavy (non-hydrogen) atoms. The number of hydrogen-bond donors (Lipinski definition) is 6. The highest BCUT2D eigenvalue weighted by Gasteiger charge is 2.35. The summed E-state index contributed by atoms with van der Waals surface area (Å²) in [5, 5.41) is 18.9. The van der Waals surface area contributed by atoms with Crippen LogP contribution in [0.25, 0.3) is 0 Å². The molecule has 0 spiro atoms. The summed E-state index contributed by atoms with van der Waals surface area (Å²) < 4.78 is 0. The van der Waals surface area contributed by atoms with E-state index in [4.69, 9.17) is 5.84 Å². The van der Waals surface area contributed by atoms with Gasteiger partial charge in [-0.25, -0.2) is 10.8 Å². The number of nitrogens with two attached hydrogens (primary N) is 1. The van der Waals surface area contributed by atoms with E-state index in [2.05, 4.69) is 31.3 Å². The number of nitrogens with zero attached hydrogens (tertiary/aromatic N) is 2. The first-order valence-electron chi connectivity index (χ1n) is 9.82. The van der Waals surface area contributed by atoms with Crippen LogP contribution < -0.4 is 27.2 Å². The second-order valence-corrected chi connectivity index (χ2v) is 8.16. The monoisotopic (exact) mass is 411 g/mol. The van der Waals surface area contributed by atoms with Crippen LogP contribution in [0.15, 0.2) is 24.4 Å². The quantitative estimate of drug-likeness (QED) is 0.224. The zero-order valence-electron chi connectivity index (χ0n) is 16.8. The number of nitrogen functional groups attached to an aromatic ring is 1. The molecule has 1 fully saturated rings. The Hall–Kier alpha value is -3.24. The van der Waals surface area contributed by atoms with Crippen molar-refractivity contribution in [3.63, 3.8) is 0 Å². The molecular formula is C20H25N7O3. The number of fused-ring (bicyclic) bond motifs is 1. The van der Waals surface area contributed by atoms with Gasteiger partial charge in [0.25, 0.3) is 11.8 Å². The molecule has 0 unspecified atom stereocenters. The van der Waals surface area contributed by atoms with Gasteiger partial charge in [-0.15, -0.1) is 0 Å². The van der Waals surface area contributed by atoms with Crippen LogP contribution in [-0.4, -0.2) is 39.5 Å². The van der Waals surface area contributed by atoms with E-state index in [1.807, 2.05) is 19.9 Å². The molecule has 2 aliphatic rings. The highest BCUT2D eigenvalue weighted by Crippen LogP contribution is 2.35. The van der Waals surface area contributed by atoms with Crippen LogP contribution in [0.3, 0.4) is 0 Å². The molecule has 1 aliphatic carbocycles. The molecule has 0 radical (unpaired) electrons. The lowest BCUT2D eigenvalue weighted by Gasteiger charge is -2.20. The van der Waals surface area contributed by atoms with Crippen LogP contribution in [0, 0.1) is 5.92 Å². The van der Waals surface area contributed by atoms with E-state index in [0.717, 1.165) is 18.4 Å². The third-order valence-corrected chi connectivity index (χ3v) is 5.49. The Kier molecular flexibility index (Phi) is 5.04. The van der Waals surface area contributed by atoms with Crippen molar-refractivity contribution in [3.8, 4) is 0 Å². The number of aliphatic hydroxyl groups is 1. The Morgan fingerprint density at radius 3 is 2.83 bits per heavy atom. The van der Waals surface area contributed by atoms with Crippen LogP contribution in [-0.2, 0) is 5.54 Å². The predicted molar refractivity (Wildman–Crippen MR) is 111 cm³/mol. The maximum absolute atomic E-state index is 12.1. The number of carbonyl (C=O) groups excluding carboxylic acids is 2. The first-order valence-corrected chi connectivity index (χ1v) is 9.82. The molecule has 0 bridgehead atoms. The number of carbonyl (C=O) groups is 2. The first kappa shape index (κ1) is 20.0. The number of hydrazine groups is 1. The molecule has 158 valence electrons. The molecule has 1 atom stereocenters. The molecule has 10 nitrogen and oxygen atoms in total. The van der Waals surface area contributed by atoms with Gasteiger partial charge < -0.3 is 21.1 Å². The maximum atomic E-state index is 12.1. The Morgan fingerprint density at radius 1 is 1.40 bits per heavy atom. The van der Waals surface area contributed by atoms with Gasteiger partial charge in [-0.3, -0.25) is 15.0 Å². The van der Waals surface area contributed by atoms with Crippen LogP contribution in [0.5, 0.6) is 0 Å². The topological polar surface area (TPSA) is 154 Å². The van der Waals surface area contributed by atoms with Crippen molar-refractivity contribution in [2.45, 2.75) is 38.3 Å². The van der Waals surface area contributed by atoms with Crippen molar-refractivity contribution in [2.75, 3.05) is 17.2 Å². The lowest BCUT2D eigenvalue weighted by Crippen LogP contribution is -2.33. The van der Waals surface area contributed by atoms with Crippen molar-refractivity contribution in [3.05, 3.63) is 41.1 Å². The minimum atomic E-state index is -0.527. The molecule has 1 aromatic carbocycles. The van der Waals surface area contributed by atoms with Gasteiger partial charge in [0.1, 0.15) is 11.4 Å². The summed E-state index contributed by atoms with van der Waals surface area (Å²) in [6.45, 7) is 3.81. The molecule has 1 saturated carbocycles. The molecule has 1 aliphatic heterocycles. The summed E-state index contributed by atoms with van der Waals surface area (Å²) in [5.74, 6) is 5.56. The molecule has 1 aromatic heterocycles. The molecule has 10 heteroatoms. The molecule has 2 amide bonds. The summed E-state index contributed by atoms with van der Waals surface area (Å²) in [6, 6.07) is 5.21. The summed E-state index contributed by atoms with van der Waals surface area (Å²) in [7, 11) is 0. The van der Waals surface area contributed by atoms with Gasteiger partial charge in [0.15, 0.2) is 0 Å². The van der Waals surface area contributed by atoms with Gasteiger partial charge >= 0.3 is 0 Å². The fourth-order valence-corrected chi connectivity index (χ4v) is 3.67. The Bertz CT molecular complexity index is 1000. The predicted octanol–water partition coefficient (Wildman–Crippen LogP) is 0.985. The lowest BCUT2D eigenvalue weighted by atomic mass is 9.94. The van der Waals surface area contributed by atoms with Gasteiger partial charge in [-0.05, 0) is 56.4 Å². The van der Waals surface area contributed by atoms with Crippen molar-refractivity contribution in [2.24, 2.45) is 11.8 Å². The molecule has 7 N–H and O–H groups in total. The number of rotatable bonds is 7. The highest BCUT2D eigenvalue weighted by molar-refractivity contribution is 6.00. The number of aromatic nitrogens is 2. The normalized spacial score (nSPS) is 17.7. The average molecular weight is 411 g/mol. The third kappa shape index (κ3) is 3.79. The van der Waals surface area contributed by atoms with E-state index in [9.17, 15) is 14.7 Å². The number of benzene rings is 1. The van der Waals surface area contributed by atoms with Crippen molar-refractivity contribution < 1.29 is 14.7 Å². The van der Waals surface area contributed by atoms with E-state index >= 15 is 0 Å².